The second-order valence-corrected chi connectivity index (χ2v) is 8.19. The van der Waals surface area contributed by atoms with Gasteiger partial charge >= 0.3 is 0 Å². The van der Waals surface area contributed by atoms with Crippen molar-refractivity contribution in [3.05, 3.63) is 59.7 Å². The van der Waals surface area contributed by atoms with E-state index in [9.17, 15) is 0 Å². The lowest BCUT2D eigenvalue weighted by Gasteiger charge is -2.32. The number of benzene rings is 2. The standard InChI is InChI=1S/C24H33N3O2S/c1-28-21-10-6-19(7-11-21)14-15-25-24(30)26-18-23(27-16-4-3-5-17-27)20-8-12-22(29-2)13-9-20/h6-13,23H,3-5,14-18H2,1-2H3,(H2,25,26,30)/p+1/t23-/m1/s1. The average Bonchev–Trinajstić information content (AvgIpc) is 2.81. The molecule has 30 heavy (non-hydrogen) atoms. The minimum absolute atomic E-state index is 0.387. The highest BCUT2D eigenvalue weighted by atomic mass is 32.1. The number of hydrogen-bond acceptors (Lipinski definition) is 3. The number of hydrogen-bond donors (Lipinski definition) is 3. The predicted molar refractivity (Wildman–Crippen MR) is 126 cm³/mol. The van der Waals surface area contributed by atoms with Gasteiger partial charge in [-0.05, 0) is 79.9 Å². The molecule has 2 aromatic rings. The first-order valence-corrected chi connectivity index (χ1v) is 11.2. The number of methoxy groups -OCH3 is 2. The molecule has 3 rings (SSSR count). The normalized spacial score (nSPS) is 15.3. The van der Waals surface area contributed by atoms with Gasteiger partial charge in [0.25, 0.3) is 0 Å². The minimum atomic E-state index is 0.387. The molecular formula is C24H34N3O2S+. The van der Waals surface area contributed by atoms with Gasteiger partial charge in [0, 0.05) is 12.1 Å². The van der Waals surface area contributed by atoms with Gasteiger partial charge < -0.3 is 25.0 Å². The van der Waals surface area contributed by atoms with Gasteiger partial charge in [-0.25, -0.2) is 0 Å². The molecule has 1 aliphatic heterocycles. The molecule has 1 atom stereocenters. The molecule has 0 bridgehead atoms. The van der Waals surface area contributed by atoms with Crippen LogP contribution in [0.25, 0.3) is 0 Å². The quantitative estimate of drug-likeness (QED) is 0.536. The Morgan fingerprint density at radius 1 is 0.900 bits per heavy atom. The van der Waals surface area contributed by atoms with E-state index in [2.05, 4.69) is 47.0 Å². The summed E-state index contributed by atoms with van der Waals surface area (Å²) in [6.45, 7) is 4.07. The zero-order chi connectivity index (χ0) is 21.2. The molecule has 1 heterocycles. The highest BCUT2D eigenvalue weighted by molar-refractivity contribution is 7.80. The number of rotatable bonds is 9. The molecule has 1 aliphatic rings. The van der Waals surface area contributed by atoms with Crippen LogP contribution < -0.4 is 25.0 Å². The zero-order valence-corrected chi connectivity index (χ0v) is 18.9. The molecule has 0 aromatic heterocycles. The van der Waals surface area contributed by atoms with E-state index in [-0.39, 0.29) is 0 Å². The molecule has 0 aliphatic carbocycles. The Balaban J connectivity index is 1.51. The van der Waals surface area contributed by atoms with Crippen LogP contribution in [-0.4, -0.2) is 45.5 Å². The lowest BCUT2D eigenvalue weighted by atomic mass is 10.0. The van der Waals surface area contributed by atoms with Crippen molar-refractivity contribution in [2.75, 3.05) is 40.4 Å². The molecule has 0 radical (unpaired) electrons. The summed E-state index contributed by atoms with van der Waals surface area (Å²) in [7, 11) is 3.39. The lowest BCUT2D eigenvalue weighted by molar-refractivity contribution is -0.934. The van der Waals surface area contributed by atoms with Gasteiger partial charge in [0.05, 0.1) is 33.9 Å². The van der Waals surface area contributed by atoms with Crippen LogP contribution in [0.4, 0.5) is 0 Å². The molecule has 1 fully saturated rings. The van der Waals surface area contributed by atoms with Gasteiger partial charge in [0.1, 0.15) is 17.5 Å². The molecule has 1 saturated heterocycles. The van der Waals surface area contributed by atoms with Crippen LogP contribution in [0.15, 0.2) is 48.5 Å². The topological polar surface area (TPSA) is 47.0 Å². The number of quaternary nitrogens is 1. The molecule has 0 amide bonds. The van der Waals surface area contributed by atoms with Gasteiger partial charge in [-0.15, -0.1) is 0 Å². The second-order valence-electron chi connectivity index (χ2n) is 7.78. The third-order valence-corrected chi connectivity index (χ3v) is 6.12. The SMILES string of the molecule is COc1ccc(CCNC(=S)NC[C@H](c2ccc(OC)cc2)[NH+]2CCCCC2)cc1. The van der Waals surface area contributed by atoms with Crippen molar-refractivity contribution in [3.63, 3.8) is 0 Å². The lowest BCUT2D eigenvalue weighted by Crippen LogP contribution is -3.13. The maximum absolute atomic E-state index is 5.55. The molecule has 6 heteroatoms. The molecule has 0 spiro atoms. The summed E-state index contributed by atoms with van der Waals surface area (Å²) < 4.78 is 10.5. The highest BCUT2D eigenvalue weighted by Crippen LogP contribution is 2.16. The Bertz CT molecular complexity index is 774. The summed E-state index contributed by atoms with van der Waals surface area (Å²) in [4.78, 5) is 1.64. The molecule has 5 nitrogen and oxygen atoms in total. The maximum Gasteiger partial charge on any atom is 0.166 e. The molecule has 2 aromatic carbocycles. The van der Waals surface area contributed by atoms with Crippen molar-refractivity contribution < 1.29 is 14.4 Å². The average molecular weight is 429 g/mol. The highest BCUT2D eigenvalue weighted by Gasteiger charge is 2.26. The number of ether oxygens (including phenoxy) is 2. The Morgan fingerprint density at radius 3 is 2.10 bits per heavy atom. The smallest absolute Gasteiger partial charge is 0.166 e. The fourth-order valence-electron chi connectivity index (χ4n) is 4.06. The summed E-state index contributed by atoms with van der Waals surface area (Å²) in [6, 6.07) is 17.0. The second kappa shape index (κ2) is 11.8. The van der Waals surface area contributed by atoms with Gasteiger partial charge in [-0.2, -0.15) is 0 Å². The first-order chi connectivity index (χ1) is 14.7. The van der Waals surface area contributed by atoms with E-state index in [1.165, 1.54) is 43.5 Å². The summed E-state index contributed by atoms with van der Waals surface area (Å²) >= 11 is 5.55. The van der Waals surface area contributed by atoms with Crippen molar-refractivity contribution in [2.24, 2.45) is 0 Å². The number of piperidine rings is 1. The van der Waals surface area contributed by atoms with E-state index in [0.29, 0.717) is 6.04 Å². The molecule has 0 unspecified atom stereocenters. The van der Waals surface area contributed by atoms with Gasteiger partial charge in [0.15, 0.2) is 5.11 Å². The molecular weight excluding hydrogens is 394 g/mol. The monoisotopic (exact) mass is 428 g/mol. The van der Waals surface area contributed by atoms with E-state index in [1.807, 2.05) is 12.1 Å². The van der Waals surface area contributed by atoms with Crippen LogP contribution in [0.5, 0.6) is 11.5 Å². The third-order valence-electron chi connectivity index (χ3n) is 5.83. The number of likely N-dealkylation sites (tertiary alicyclic amines) is 1. The zero-order valence-electron chi connectivity index (χ0n) is 18.1. The third kappa shape index (κ3) is 6.61. The molecule has 162 valence electrons. The van der Waals surface area contributed by atoms with E-state index in [4.69, 9.17) is 21.7 Å². The van der Waals surface area contributed by atoms with E-state index >= 15 is 0 Å². The minimum Gasteiger partial charge on any atom is -0.497 e. The summed E-state index contributed by atoms with van der Waals surface area (Å²) in [5.41, 5.74) is 2.60. The van der Waals surface area contributed by atoms with E-state index in [0.717, 1.165) is 36.1 Å². The Hall–Kier alpha value is -2.31. The van der Waals surface area contributed by atoms with E-state index in [1.54, 1.807) is 19.1 Å². The van der Waals surface area contributed by atoms with Crippen LogP contribution in [0.2, 0.25) is 0 Å². The van der Waals surface area contributed by atoms with Crippen LogP contribution in [0.1, 0.15) is 36.4 Å². The maximum atomic E-state index is 5.55. The fourth-order valence-corrected chi connectivity index (χ4v) is 4.24. The molecule has 0 saturated carbocycles. The van der Waals surface area contributed by atoms with Gasteiger partial charge in [0.2, 0.25) is 0 Å². The number of thiocarbonyl (C=S) groups is 1. The van der Waals surface area contributed by atoms with E-state index < -0.39 is 0 Å². The Morgan fingerprint density at radius 2 is 1.50 bits per heavy atom. The Kier molecular flexibility index (Phi) is 8.78. The summed E-state index contributed by atoms with van der Waals surface area (Å²) in [6.07, 6.45) is 4.86. The van der Waals surface area contributed by atoms with Crippen LogP contribution in [0, 0.1) is 0 Å². The Labute approximate surface area is 185 Å². The van der Waals surface area contributed by atoms with Crippen molar-refractivity contribution in [1.82, 2.24) is 10.6 Å². The van der Waals surface area contributed by atoms with Crippen LogP contribution in [0.3, 0.4) is 0 Å². The summed E-state index contributed by atoms with van der Waals surface area (Å²) in [5, 5.41) is 7.53. The van der Waals surface area contributed by atoms with Crippen molar-refractivity contribution in [3.8, 4) is 11.5 Å². The predicted octanol–water partition coefficient (Wildman–Crippen LogP) is 2.52. The van der Waals surface area contributed by atoms with Gasteiger partial charge in [-0.3, -0.25) is 0 Å². The van der Waals surface area contributed by atoms with Crippen LogP contribution in [-0.2, 0) is 6.42 Å². The van der Waals surface area contributed by atoms with Crippen molar-refractivity contribution in [2.45, 2.75) is 31.7 Å². The van der Waals surface area contributed by atoms with Gasteiger partial charge in [-0.1, -0.05) is 12.1 Å². The fraction of sp³-hybridized carbons (Fsp3) is 0.458. The van der Waals surface area contributed by atoms with Crippen LogP contribution >= 0.6 is 12.2 Å². The summed E-state index contributed by atoms with van der Waals surface area (Å²) in [5.74, 6) is 1.78. The number of nitrogens with one attached hydrogen (secondary N) is 3. The largest absolute Gasteiger partial charge is 0.497 e. The first kappa shape index (κ1) is 22.4. The first-order valence-electron chi connectivity index (χ1n) is 10.8. The van der Waals surface area contributed by atoms with Crippen molar-refractivity contribution >= 4 is 17.3 Å². The van der Waals surface area contributed by atoms with Crippen molar-refractivity contribution in [1.29, 1.82) is 0 Å². The molecule has 3 N–H and O–H groups in total.